The van der Waals surface area contributed by atoms with Crippen molar-refractivity contribution in [3.8, 4) is 0 Å². The fourth-order valence-corrected chi connectivity index (χ4v) is 1.86. The normalized spacial score (nSPS) is 10.3. The molecule has 1 aromatic carbocycles. The molecule has 2 aromatic rings. The number of nitro groups is 1. The number of rotatable bonds is 4. The molecule has 0 unspecified atom stereocenters. The lowest BCUT2D eigenvalue weighted by molar-refractivity contribution is -0.384. The molecular formula is C12H13N5O3. The van der Waals surface area contributed by atoms with Crippen molar-refractivity contribution in [3.05, 3.63) is 62.1 Å². The molecule has 0 fully saturated rings. The van der Waals surface area contributed by atoms with Gasteiger partial charge in [0.15, 0.2) is 0 Å². The van der Waals surface area contributed by atoms with Crippen LogP contribution in [0.4, 0.5) is 11.4 Å². The molecular weight excluding hydrogens is 262 g/mol. The van der Waals surface area contributed by atoms with E-state index in [1.54, 1.807) is 19.1 Å². The summed E-state index contributed by atoms with van der Waals surface area (Å²) >= 11 is 0. The van der Waals surface area contributed by atoms with Crippen molar-refractivity contribution in [2.75, 3.05) is 5.43 Å². The van der Waals surface area contributed by atoms with Crippen molar-refractivity contribution in [1.29, 1.82) is 0 Å². The summed E-state index contributed by atoms with van der Waals surface area (Å²) in [6.07, 6.45) is 0. The molecule has 3 N–H and O–H groups in total. The lowest BCUT2D eigenvalue weighted by Gasteiger charge is -2.10. The first-order valence-corrected chi connectivity index (χ1v) is 5.80. The Balaban J connectivity index is 2.48. The van der Waals surface area contributed by atoms with Crippen molar-refractivity contribution in [2.24, 2.45) is 5.84 Å². The van der Waals surface area contributed by atoms with E-state index in [0.717, 1.165) is 0 Å². The van der Waals surface area contributed by atoms with Crippen LogP contribution < -0.4 is 16.8 Å². The molecule has 0 aliphatic heterocycles. The highest BCUT2D eigenvalue weighted by Gasteiger charge is 2.17. The summed E-state index contributed by atoms with van der Waals surface area (Å²) < 4.78 is 1.23. The van der Waals surface area contributed by atoms with Crippen LogP contribution >= 0.6 is 0 Å². The average molecular weight is 275 g/mol. The molecule has 104 valence electrons. The number of aryl methyl sites for hydroxylation is 1. The minimum absolute atomic E-state index is 0.0989. The summed E-state index contributed by atoms with van der Waals surface area (Å²) in [7, 11) is 0. The quantitative estimate of drug-likeness (QED) is 0.484. The van der Waals surface area contributed by atoms with Gasteiger partial charge < -0.3 is 5.43 Å². The summed E-state index contributed by atoms with van der Waals surface area (Å²) in [4.78, 5) is 22.1. The van der Waals surface area contributed by atoms with E-state index in [9.17, 15) is 14.9 Å². The number of hydrazine groups is 1. The number of para-hydroxylation sites is 1. The minimum atomic E-state index is -0.537. The third kappa shape index (κ3) is 2.64. The zero-order valence-corrected chi connectivity index (χ0v) is 10.7. The van der Waals surface area contributed by atoms with E-state index >= 15 is 0 Å². The Kier molecular flexibility index (Phi) is 3.76. The Morgan fingerprint density at radius 2 is 2.15 bits per heavy atom. The van der Waals surface area contributed by atoms with Crippen molar-refractivity contribution in [3.63, 3.8) is 0 Å². The molecule has 0 spiro atoms. The standard InChI is InChI=1S/C12H13N5O3/c1-8-5-6-11(18)16(15-8)7-9-3-2-4-10(17(19)20)12(9)14-13/h2-6,14H,7,13H2,1H3. The third-order valence-corrected chi connectivity index (χ3v) is 2.79. The summed E-state index contributed by atoms with van der Waals surface area (Å²) in [6.45, 7) is 1.85. The monoisotopic (exact) mass is 275 g/mol. The van der Waals surface area contributed by atoms with Gasteiger partial charge in [0.2, 0.25) is 0 Å². The maximum absolute atomic E-state index is 11.7. The van der Waals surface area contributed by atoms with Gasteiger partial charge in [0.05, 0.1) is 17.2 Å². The highest BCUT2D eigenvalue weighted by Crippen LogP contribution is 2.27. The predicted molar refractivity (Wildman–Crippen MR) is 73.2 cm³/mol. The Morgan fingerprint density at radius 3 is 2.80 bits per heavy atom. The van der Waals surface area contributed by atoms with E-state index in [1.165, 1.54) is 22.9 Å². The number of nitrogens with zero attached hydrogens (tertiary/aromatic N) is 3. The van der Waals surface area contributed by atoms with Crippen molar-refractivity contribution >= 4 is 11.4 Å². The van der Waals surface area contributed by atoms with Gasteiger partial charge in [-0.1, -0.05) is 12.1 Å². The van der Waals surface area contributed by atoms with Gasteiger partial charge in [-0.15, -0.1) is 0 Å². The fourth-order valence-electron chi connectivity index (χ4n) is 1.86. The predicted octanol–water partition coefficient (Wildman–Crippen LogP) is 0.794. The Hall–Kier alpha value is -2.74. The van der Waals surface area contributed by atoms with Gasteiger partial charge in [0.25, 0.3) is 11.2 Å². The van der Waals surface area contributed by atoms with Gasteiger partial charge in [-0.2, -0.15) is 5.10 Å². The van der Waals surface area contributed by atoms with Gasteiger partial charge in [0, 0.05) is 17.7 Å². The van der Waals surface area contributed by atoms with Gasteiger partial charge >= 0.3 is 0 Å². The van der Waals surface area contributed by atoms with Gasteiger partial charge in [0.1, 0.15) is 5.69 Å². The van der Waals surface area contributed by atoms with Crippen LogP contribution in [0.5, 0.6) is 0 Å². The molecule has 0 saturated heterocycles. The molecule has 0 aliphatic rings. The van der Waals surface area contributed by atoms with Crippen molar-refractivity contribution in [1.82, 2.24) is 9.78 Å². The molecule has 8 heteroatoms. The smallest absolute Gasteiger partial charge is 0.293 e. The molecule has 0 amide bonds. The highest BCUT2D eigenvalue weighted by molar-refractivity contribution is 5.65. The van der Waals surface area contributed by atoms with E-state index in [-0.39, 0.29) is 23.5 Å². The molecule has 8 nitrogen and oxygen atoms in total. The second kappa shape index (κ2) is 5.49. The van der Waals surface area contributed by atoms with Gasteiger partial charge in [-0.25, -0.2) is 4.68 Å². The molecule has 0 atom stereocenters. The van der Waals surface area contributed by atoms with Crippen molar-refractivity contribution < 1.29 is 4.92 Å². The maximum atomic E-state index is 11.7. The third-order valence-electron chi connectivity index (χ3n) is 2.79. The minimum Gasteiger partial charge on any atom is -0.318 e. The van der Waals surface area contributed by atoms with E-state index in [0.29, 0.717) is 11.3 Å². The fraction of sp³-hybridized carbons (Fsp3) is 0.167. The first-order valence-electron chi connectivity index (χ1n) is 5.80. The lowest BCUT2D eigenvalue weighted by Crippen LogP contribution is -2.24. The largest absolute Gasteiger partial charge is 0.318 e. The number of aromatic nitrogens is 2. The molecule has 1 aromatic heterocycles. The van der Waals surface area contributed by atoms with Crippen LogP contribution in [0.3, 0.4) is 0 Å². The van der Waals surface area contributed by atoms with E-state index in [1.807, 2.05) is 0 Å². The first-order chi connectivity index (χ1) is 9.52. The molecule has 0 saturated carbocycles. The molecule has 0 radical (unpaired) electrons. The highest BCUT2D eigenvalue weighted by atomic mass is 16.6. The first kappa shape index (κ1) is 13.7. The van der Waals surface area contributed by atoms with Crippen LogP contribution in [0, 0.1) is 17.0 Å². The second-order valence-electron chi connectivity index (χ2n) is 4.18. The summed E-state index contributed by atoms with van der Waals surface area (Å²) in [5.41, 5.74) is 3.25. The van der Waals surface area contributed by atoms with E-state index in [2.05, 4.69) is 10.5 Å². The Morgan fingerprint density at radius 1 is 1.40 bits per heavy atom. The maximum Gasteiger partial charge on any atom is 0.293 e. The van der Waals surface area contributed by atoms with E-state index in [4.69, 9.17) is 5.84 Å². The van der Waals surface area contributed by atoms with Gasteiger partial charge in [-0.05, 0) is 13.0 Å². The topological polar surface area (TPSA) is 116 Å². The number of nitrogens with two attached hydrogens (primary N) is 1. The van der Waals surface area contributed by atoms with Crippen LogP contribution in [0.1, 0.15) is 11.3 Å². The van der Waals surface area contributed by atoms with Crippen LogP contribution in [0.2, 0.25) is 0 Å². The molecule has 1 heterocycles. The molecule has 0 aliphatic carbocycles. The summed E-state index contributed by atoms with van der Waals surface area (Å²) in [6, 6.07) is 7.53. The number of nitrogens with one attached hydrogen (secondary N) is 1. The second-order valence-corrected chi connectivity index (χ2v) is 4.18. The Labute approximate surface area is 114 Å². The number of hydrogen-bond acceptors (Lipinski definition) is 6. The Bertz CT molecular complexity index is 710. The SMILES string of the molecule is Cc1ccc(=O)n(Cc2cccc([N+](=O)[O-])c2NN)n1. The molecule has 20 heavy (non-hydrogen) atoms. The van der Waals surface area contributed by atoms with Crippen molar-refractivity contribution in [2.45, 2.75) is 13.5 Å². The van der Waals surface area contributed by atoms with Crippen LogP contribution in [-0.4, -0.2) is 14.7 Å². The summed E-state index contributed by atoms with van der Waals surface area (Å²) in [5.74, 6) is 5.35. The zero-order valence-electron chi connectivity index (χ0n) is 10.7. The number of nitro benzene ring substituents is 1. The molecule has 2 rings (SSSR count). The number of anilines is 1. The molecule has 0 bridgehead atoms. The lowest BCUT2D eigenvalue weighted by atomic mass is 10.1. The average Bonchev–Trinajstić information content (AvgIpc) is 2.42. The van der Waals surface area contributed by atoms with E-state index < -0.39 is 4.92 Å². The van der Waals surface area contributed by atoms with Crippen LogP contribution in [0.25, 0.3) is 0 Å². The van der Waals surface area contributed by atoms with Crippen LogP contribution in [-0.2, 0) is 6.54 Å². The summed E-state index contributed by atoms with van der Waals surface area (Å²) in [5, 5.41) is 15.0. The number of benzene rings is 1. The van der Waals surface area contributed by atoms with Crippen LogP contribution in [0.15, 0.2) is 35.1 Å². The number of hydrogen-bond donors (Lipinski definition) is 2. The zero-order chi connectivity index (χ0) is 14.7. The number of nitrogen functional groups attached to an aromatic ring is 1. The van der Waals surface area contributed by atoms with Gasteiger partial charge in [-0.3, -0.25) is 20.8 Å².